The molecule has 3 rings (SSSR count). The maximum Gasteiger partial charge on any atom is 0.258 e. The van der Waals surface area contributed by atoms with Crippen molar-refractivity contribution >= 4 is 22.6 Å². The maximum absolute atomic E-state index is 11.9. The molecule has 0 saturated heterocycles. The smallest absolute Gasteiger partial charge is 0.258 e. The van der Waals surface area contributed by atoms with Gasteiger partial charge in [0.15, 0.2) is 0 Å². The summed E-state index contributed by atoms with van der Waals surface area (Å²) < 4.78 is 1.59. The van der Waals surface area contributed by atoms with E-state index in [1.54, 1.807) is 24.3 Å². The van der Waals surface area contributed by atoms with Crippen molar-refractivity contribution in [1.82, 2.24) is 19.7 Å². The number of amides is 1. The van der Waals surface area contributed by atoms with Gasteiger partial charge in [0.25, 0.3) is 5.91 Å². The van der Waals surface area contributed by atoms with Crippen LogP contribution in [0, 0.1) is 0 Å². The zero-order valence-electron chi connectivity index (χ0n) is 9.71. The van der Waals surface area contributed by atoms with Gasteiger partial charge in [0, 0.05) is 18.9 Å². The number of nitrogens with zero attached hydrogens (tertiary/aromatic N) is 3. The molecule has 2 aromatic heterocycles. The number of hydrogen-bond acceptors (Lipinski definition) is 3. The van der Waals surface area contributed by atoms with Crippen molar-refractivity contribution in [1.29, 1.82) is 0 Å². The SMILES string of the molecule is Cn1cc(C(=O)Nc2ccc3nc[nH]c3c2)cn1. The van der Waals surface area contributed by atoms with E-state index in [0.717, 1.165) is 16.7 Å². The minimum absolute atomic E-state index is 0.179. The second-order valence-corrected chi connectivity index (χ2v) is 3.99. The molecule has 90 valence electrons. The molecule has 18 heavy (non-hydrogen) atoms. The summed E-state index contributed by atoms with van der Waals surface area (Å²) in [6.07, 6.45) is 4.82. The number of aromatic nitrogens is 4. The lowest BCUT2D eigenvalue weighted by atomic mass is 10.2. The first-order valence-electron chi connectivity index (χ1n) is 5.45. The number of carbonyl (C=O) groups is 1. The fraction of sp³-hybridized carbons (Fsp3) is 0.0833. The average Bonchev–Trinajstić information content (AvgIpc) is 2.96. The zero-order valence-corrected chi connectivity index (χ0v) is 9.71. The van der Waals surface area contributed by atoms with Gasteiger partial charge in [-0.15, -0.1) is 0 Å². The highest BCUT2D eigenvalue weighted by atomic mass is 16.1. The van der Waals surface area contributed by atoms with E-state index in [4.69, 9.17) is 0 Å². The van der Waals surface area contributed by atoms with Gasteiger partial charge >= 0.3 is 0 Å². The van der Waals surface area contributed by atoms with Crippen molar-refractivity contribution in [2.75, 3.05) is 5.32 Å². The number of aromatic amines is 1. The van der Waals surface area contributed by atoms with Crippen LogP contribution < -0.4 is 5.32 Å². The van der Waals surface area contributed by atoms with Crippen molar-refractivity contribution in [2.45, 2.75) is 0 Å². The summed E-state index contributed by atoms with van der Waals surface area (Å²) in [4.78, 5) is 19.0. The molecule has 1 aromatic carbocycles. The van der Waals surface area contributed by atoms with Gasteiger partial charge in [-0.1, -0.05) is 0 Å². The predicted octanol–water partition coefficient (Wildman–Crippen LogP) is 1.55. The lowest BCUT2D eigenvalue weighted by Crippen LogP contribution is -2.10. The Morgan fingerprint density at radius 3 is 3.11 bits per heavy atom. The van der Waals surface area contributed by atoms with Gasteiger partial charge in [0.2, 0.25) is 0 Å². The minimum Gasteiger partial charge on any atom is -0.345 e. The third kappa shape index (κ3) is 1.84. The molecule has 6 heteroatoms. The molecule has 0 aliphatic rings. The van der Waals surface area contributed by atoms with E-state index in [2.05, 4.69) is 20.4 Å². The third-order valence-electron chi connectivity index (χ3n) is 2.65. The zero-order chi connectivity index (χ0) is 12.5. The number of hydrogen-bond donors (Lipinski definition) is 2. The summed E-state index contributed by atoms with van der Waals surface area (Å²) in [6.45, 7) is 0. The first kappa shape index (κ1) is 10.5. The highest BCUT2D eigenvalue weighted by Gasteiger charge is 2.08. The molecule has 1 amide bonds. The molecule has 0 spiro atoms. The third-order valence-corrected chi connectivity index (χ3v) is 2.65. The first-order chi connectivity index (χ1) is 8.72. The van der Waals surface area contributed by atoms with Crippen LogP contribution in [-0.2, 0) is 7.05 Å². The molecule has 6 nitrogen and oxygen atoms in total. The Morgan fingerprint density at radius 1 is 1.44 bits per heavy atom. The number of fused-ring (bicyclic) bond motifs is 1. The topological polar surface area (TPSA) is 75.6 Å². The highest BCUT2D eigenvalue weighted by Crippen LogP contribution is 2.16. The van der Waals surface area contributed by atoms with Crippen molar-refractivity contribution < 1.29 is 4.79 Å². The van der Waals surface area contributed by atoms with Crippen LogP contribution in [0.5, 0.6) is 0 Å². The number of carbonyl (C=O) groups excluding carboxylic acids is 1. The van der Waals surface area contributed by atoms with Gasteiger partial charge in [0.05, 0.1) is 29.1 Å². The van der Waals surface area contributed by atoms with E-state index in [1.165, 1.54) is 6.20 Å². The van der Waals surface area contributed by atoms with Crippen molar-refractivity contribution in [3.05, 3.63) is 42.5 Å². The second kappa shape index (κ2) is 3.99. The van der Waals surface area contributed by atoms with Crippen molar-refractivity contribution in [2.24, 2.45) is 7.05 Å². The first-order valence-corrected chi connectivity index (χ1v) is 5.45. The Hall–Kier alpha value is -2.63. The van der Waals surface area contributed by atoms with Gasteiger partial charge in [-0.05, 0) is 18.2 Å². The molecule has 2 heterocycles. The number of benzene rings is 1. The summed E-state index contributed by atoms with van der Waals surface area (Å²) in [5.74, 6) is -0.179. The van der Waals surface area contributed by atoms with Crippen LogP contribution in [0.4, 0.5) is 5.69 Å². The molecule has 0 aliphatic heterocycles. The quantitative estimate of drug-likeness (QED) is 0.714. The van der Waals surface area contributed by atoms with E-state index in [0.29, 0.717) is 5.56 Å². The normalized spacial score (nSPS) is 10.7. The monoisotopic (exact) mass is 241 g/mol. The Kier molecular flexibility index (Phi) is 2.33. The number of rotatable bonds is 2. The number of anilines is 1. The molecule has 0 bridgehead atoms. The molecular weight excluding hydrogens is 230 g/mol. The van der Waals surface area contributed by atoms with E-state index in [1.807, 2.05) is 18.2 Å². The van der Waals surface area contributed by atoms with E-state index < -0.39 is 0 Å². The summed E-state index contributed by atoms with van der Waals surface area (Å²) in [5.41, 5.74) is 3.01. The highest BCUT2D eigenvalue weighted by molar-refractivity contribution is 6.04. The molecule has 2 N–H and O–H groups in total. The summed E-state index contributed by atoms with van der Waals surface area (Å²) in [7, 11) is 1.77. The Morgan fingerprint density at radius 2 is 2.33 bits per heavy atom. The molecule has 0 atom stereocenters. The molecule has 0 fully saturated rings. The molecule has 0 unspecified atom stereocenters. The molecule has 0 radical (unpaired) electrons. The van der Waals surface area contributed by atoms with Crippen LogP contribution in [0.1, 0.15) is 10.4 Å². The minimum atomic E-state index is -0.179. The number of imidazole rings is 1. The largest absolute Gasteiger partial charge is 0.345 e. The number of nitrogens with one attached hydrogen (secondary N) is 2. The van der Waals surface area contributed by atoms with Crippen LogP contribution in [0.25, 0.3) is 11.0 Å². The summed E-state index contributed by atoms with van der Waals surface area (Å²) in [5, 5.41) is 6.77. The van der Waals surface area contributed by atoms with E-state index in [9.17, 15) is 4.79 Å². The average molecular weight is 241 g/mol. The van der Waals surface area contributed by atoms with Crippen LogP contribution in [0.2, 0.25) is 0 Å². The van der Waals surface area contributed by atoms with Crippen molar-refractivity contribution in [3.63, 3.8) is 0 Å². The van der Waals surface area contributed by atoms with Crippen LogP contribution >= 0.6 is 0 Å². The second-order valence-electron chi connectivity index (χ2n) is 3.99. The van der Waals surface area contributed by atoms with E-state index >= 15 is 0 Å². The van der Waals surface area contributed by atoms with Gasteiger partial charge in [-0.25, -0.2) is 4.98 Å². The lowest BCUT2D eigenvalue weighted by molar-refractivity contribution is 0.102. The van der Waals surface area contributed by atoms with E-state index in [-0.39, 0.29) is 5.91 Å². The number of aryl methyl sites for hydroxylation is 1. The van der Waals surface area contributed by atoms with Gasteiger partial charge in [-0.2, -0.15) is 5.10 Å². The fourth-order valence-corrected chi connectivity index (χ4v) is 1.76. The number of H-pyrrole nitrogens is 1. The predicted molar refractivity (Wildman–Crippen MR) is 67.3 cm³/mol. The molecule has 0 aliphatic carbocycles. The lowest BCUT2D eigenvalue weighted by Gasteiger charge is -2.02. The molecule has 0 saturated carbocycles. The Bertz CT molecular complexity index is 712. The van der Waals surface area contributed by atoms with Crippen LogP contribution in [0.3, 0.4) is 0 Å². The Balaban J connectivity index is 1.85. The van der Waals surface area contributed by atoms with Gasteiger partial charge < -0.3 is 10.3 Å². The summed E-state index contributed by atoms with van der Waals surface area (Å²) in [6, 6.07) is 5.51. The Labute approximate surface area is 103 Å². The van der Waals surface area contributed by atoms with Crippen molar-refractivity contribution in [3.8, 4) is 0 Å². The van der Waals surface area contributed by atoms with Crippen LogP contribution in [-0.4, -0.2) is 25.7 Å². The molecule has 3 aromatic rings. The van der Waals surface area contributed by atoms with Gasteiger partial charge in [0.1, 0.15) is 0 Å². The van der Waals surface area contributed by atoms with Gasteiger partial charge in [-0.3, -0.25) is 9.48 Å². The standard InChI is InChI=1S/C12H11N5O/c1-17-6-8(5-15-17)12(18)16-9-2-3-10-11(4-9)14-7-13-10/h2-7H,1H3,(H,13,14)(H,16,18). The fourth-order valence-electron chi connectivity index (χ4n) is 1.76. The summed E-state index contributed by atoms with van der Waals surface area (Å²) >= 11 is 0. The van der Waals surface area contributed by atoms with Crippen LogP contribution in [0.15, 0.2) is 36.9 Å². The molecular formula is C12H11N5O. The maximum atomic E-state index is 11.9.